The Bertz CT molecular complexity index is 776. The Morgan fingerprint density at radius 1 is 0.679 bits per heavy atom. The molecule has 0 saturated heterocycles. The fourth-order valence-electron chi connectivity index (χ4n) is 3.29. The average Bonchev–Trinajstić information content (AvgIpc) is 2.73. The first kappa shape index (κ1) is 21.6. The Labute approximate surface area is 168 Å². The molecule has 0 aliphatic carbocycles. The predicted molar refractivity (Wildman–Crippen MR) is 113 cm³/mol. The standard InChI is InChI=1S/C24H30N2O2/c1-3-5-7-11-15-27-23-19-13-9-10-14-20(19)24(22(18-26)21(23)17-25)28-16-12-8-6-4-2/h9-10,13-14H,3-8,11-12,15-16H2,1-2H3. The van der Waals surface area contributed by atoms with E-state index in [2.05, 4.69) is 26.0 Å². The van der Waals surface area contributed by atoms with E-state index in [9.17, 15) is 10.5 Å². The van der Waals surface area contributed by atoms with E-state index in [1.165, 1.54) is 12.8 Å². The van der Waals surface area contributed by atoms with Crippen LogP contribution in [0.3, 0.4) is 0 Å². The van der Waals surface area contributed by atoms with Crippen molar-refractivity contribution >= 4 is 10.8 Å². The normalized spacial score (nSPS) is 10.4. The molecule has 0 aliphatic rings. The second kappa shape index (κ2) is 11.9. The molecule has 0 radical (unpaired) electrons. The van der Waals surface area contributed by atoms with Gasteiger partial charge in [0, 0.05) is 10.8 Å². The van der Waals surface area contributed by atoms with Crippen LogP contribution in [0.2, 0.25) is 0 Å². The summed E-state index contributed by atoms with van der Waals surface area (Å²) >= 11 is 0. The van der Waals surface area contributed by atoms with Crippen LogP contribution in [0.25, 0.3) is 10.8 Å². The Kier molecular flexibility index (Phi) is 9.16. The van der Waals surface area contributed by atoms with Crippen LogP contribution < -0.4 is 9.47 Å². The molecule has 0 fully saturated rings. The van der Waals surface area contributed by atoms with Gasteiger partial charge in [0.05, 0.1) is 13.2 Å². The lowest BCUT2D eigenvalue weighted by Gasteiger charge is -2.17. The van der Waals surface area contributed by atoms with E-state index in [1.807, 2.05) is 24.3 Å². The molecule has 4 heteroatoms. The van der Waals surface area contributed by atoms with Crippen molar-refractivity contribution in [2.45, 2.75) is 65.2 Å². The van der Waals surface area contributed by atoms with Gasteiger partial charge < -0.3 is 9.47 Å². The van der Waals surface area contributed by atoms with Gasteiger partial charge in [-0.3, -0.25) is 0 Å². The highest BCUT2D eigenvalue weighted by molar-refractivity contribution is 5.98. The van der Waals surface area contributed by atoms with Crippen LogP contribution in [0, 0.1) is 22.7 Å². The van der Waals surface area contributed by atoms with Gasteiger partial charge in [-0.1, -0.05) is 76.6 Å². The van der Waals surface area contributed by atoms with Crippen molar-refractivity contribution in [3.8, 4) is 23.6 Å². The molecular weight excluding hydrogens is 348 g/mol. The summed E-state index contributed by atoms with van der Waals surface area (Å²) in [7, 11) is 0. The molecular formula is C24H30N2O2. The summed E-state index contributed by atoms with van der Waals surface area (Å²) in [4.78, 5) is 0. The number of fused-ring (bicyclic) bond motifs is 1. The van der Waals surface area contributed by atoms with Gasteiger partial charge in [-0.25, -0.2) is 0 Å². The van der Waals surface area contributed by atoms with E-state index in [0.717, 1.165) is 49.3 Å². The van der Waals surface area contributed by atoms with Crippen molar-refractivity contribution < 1.29 is 9.47 Å². The van der Waals surface area contributed by atoms with E-state index < -0.39 is 0 Å². The highest BCUT2D eigenvalue weighted by Gasteiger charge is 2.21. The van der Waals surface area contributed by atoms with E-state index in [0.29, 0.717) is 24.7 Å². The maximum atomic E-state index is 9.76. The Morgan fingerprint density at radius 3 is 1.46 bits per heavy atom. The molecule has 0 N–H and O–H groups in total. The van der Waals surface area contributed by atoms with Crippen LogP contribution in [0.4, 0.5) is 0 Å². The monoisotopic (exact) mass is 378 g/mol. The molecule has 28 heavy (non-hydrogen) atoms. The smallest absolute Gasteiger partial charge is 0.146 e. The first-order valence-corrected chi connectivity index (χ1v) is 10.4. The van der Waals surface area contributed by atoms with Gasteiger partial charge >= 0.3 is 0 Å². The Morgan fingerprint density at radius 2 is 1.11 bits per heavy atom. The van der Waals surface area contributed by atoms with Crippen molar-refractivity contribution in [3.63, 3.8) is 0 Å². The zero-order valence-electron chi connectivity index (χ0n) is 17.1. The van der Waals surface area contributed by atoms with Gasteiger partial charge in [-0.2, -0.15) is 10.5 Å². The predicted octanol–water partition coefficient (Wildman–Crippen LogP) is 6.50. The summed E-state index contributed by atoms with van der Waals surface area (Å²) in [6, 6.07) is 12.1. The zero-order valence-corrected chi connectivity index (χ0v) is 17.1. The van der Waals surface area contributed by atoms with E-state index in [1.54, 1.807) is 0 Å². The molecule has 0 aliphatic heterocycles. The van der Waals surface area contributed by atoms with Gasteiger partial charge in [-0.05, 0) is 12.8 Å². The maximum Gasteiger partial charge on any atom is 0.146 e. The zero-order chi connectivity index (χ0) is 20.2. The highest BCUT2D eigenvalue weighted by atomic mass is 16.5. The van der Waals surface area contributed by atoms with Crippen LogP contribution in [0.5, 0.6) is 11.5 Å². The summed E-state index contributed by atoms with van der Waals surface area (Å²) in [6.45, 7) is 5.42. The minimum absolute atomic E-state index is 0.278. The van der Waals surface area contributed by atoms with E-state index in [4.69, 9.17) is 9.47 Å². The highest BCUT2D eigenvalue weighted by Crippen LogP contribution is 2.40. The molecule has 4 nitrogen and oxygen atoms in total. The number of benzene rings is 2. The maximum absolute atomic E-state index is 9.76. The minimum atomic E-state index is 0.278. The molecule has 0 bridgehead atoms. The molecule has 0 aromatic heterocycles. The first-order chi connectivity index (χ1) is 13.8. The minimum Gasteiger partial charge on any atom is -0.491 e. The third-order valence-electron chi connectivity index (χ3n) is 4.83. The van der Waals surface area contributed by atoms with Crippen molar-refractivity contribution in [3.05, 3.63) is 35.4 Å². The van der Waals surface area contributed by atoms with Gasteiger partial charge in [0.25, 0.3) is 0 Å². The van der Waals surface area contributed by atoms with Gasteiger partial charge in [0.15, 0.2) is 0 Å². The average molecular weight is 379 g/mol. The number of nitrogens with zero attached hydrogens (tertiary/aromatic N) is 2. The second-order valence-electron chi connectivity index (χ2n) is 7.00. The van der Waals surface area contributed by atoms with Crippen LogP contribution in [0.15, 0.2) is 24.3 Å². The summed E-state index contributed by atoms with van der Waals surface area (Å²) in [5.74, 6) is 1.01. The van der Waals surface area contributed by atoms with Gasteiger partial charge in [-0.15, -0.1) is 0 Å². The van der Waals surface area contributed by atoms with Crippen molar-refractivity contribution in [2.24, 2.45) is 0 Å². The van der Waals surface area contributed by atoms with E-state index in [-0.39, 0.29) is 11.1 Å². The number of rotatable bonds is 12. The first-order valence-electron chi connectivity index (χ1n) is 10.4. The van der Waals surface area contributed by atoms with Crippen molar-refractivity contribution in [2.75, 3.05) is 13.2 Å². The van der Waals surface area contributed by atoms with E-state index >= 15 is 0 Å². The quantitative estimate of drug-likeness (QED) is 0.395. The van der Waals surface area contributed by atoms with Crippen molar-refractivity contribution in [1.82, 2.24) is 0 Å². The number of hydrogen-bond donors (Lipinski definition) is 0. The third kappa shape index (κ3) is 5.40. The molecule has 2 rings (SSSR count). The summed E-state index contributed by atoms with van der Waals surface area (Å²) in [5, 5.41) is 21.2. The fraction of sp³-hybridized carbons (Fsp3) is 0.500. The molecule has 0 heterocycles. The summed E-state index contributed by atoms with van der Waals surface area (Å²) in [6.07, 6.45) is 8.73. The Hall–Kier alpha value is -2.72. The molecule has 2 aromatic rings. The summed E-state index contributed by atoms with van der Waals surface area (Å²) in [5.41, 5.74) is 0.556. The molecule has 0 spiro atoms. The van der Waals surface area contributed by atoms with Crippen LogP contribution in [-0.4, -0.2) is 13.2 Å². The molecule has 148 valence electrons. The van der Waals surface area contributed by atoms with Crippen molar-refractivity contribution in [1.29, 1.82) is 10.5 Å². The topological polar surface area (TPSA) is 66.0 Å². The second-order valence-corrected chi connectivity index (χ2v) is 7.00. The van der Waals surface area contributed by atoms with Gasteiger partial charge in [0.1, 0.15) is 34.8 Å². The molecule has 0 saturated carbocycles. The van der Waals surface area contributed by atoms with Crippen LogP contribution in [-0.2, 0) is 0 Å². The van der Waals surface area contributed by atoms with Crippen LogP contribution in [0.1, 0.15) is 76.3 Å². The molecule has 2 aromatic carbocycles. The fourth-order valence-corrected chi connectivity index (χ4v) is 3.29. The number of hydrogen-bond acceptors (Lipinski definition) is 4. The Balaban J connectivity index is 2.35. The summed E-state index contributed by atoms with van der Waals surface area (Å²) < 4.78 is 12.0. The third-order valence-corrected chi connectivity index (χ3v) is 4.83. The van der Waals surface area contributed by atoms with Crippen LogP contribution >= 0.6 is 0 Å². The molecule has 0 atom stereocenters. The largest absolute Gasteiger partial charge is 0.491 e. The number of ether oxygens (including phenoxy) is 2. The number of unbranched alkanes of at least 4 members (excludes halogenated alkanes) is 6. The number of nitriles is 2. The lowest BCUT2D eigenvalue weighted by molar-refractivity contribution is 0.300. The SMILES string of the molecule is CCCCCCOc1c(C#N)c(C#N)c(OCCCCCC)c2ccccc12. The lowest BCUT2D eigenvalue weighted by Crippen LogP contribution is -2.05. The van der Waals surface area contributed by atoms with Gasteiger partial charge in [0.2, 0.25) is 0 Å². The molecule has 0 amide bonds. The molecule has 0 unspecified atom stereocenters. The lowest BCUT2D eigenvalue weighted by atomic mass is 9.99.